The van der Waals surface area contributed by atoms with Gasteiger partial charge in [-0.2, -0.15) is 5.26 Å². The second-order valence-electron chi connectivity index (χ2n) is 9.30. The molecular formula is C26H29N7O2. The van der Waals surface area contributed by atoms with Gasteiger partial charge >= 0.3 is 0 Å². The molecule has 0 spiro atoms. The van der Waals surface area contributed by atoms with Crippen LogP contribution in [0.25, 0.3) is 16.7 Å². The van der Waals surface area contributed by atoms with E-state index < -0.39 is 6.10 Å². The predicted molar refractivity (Wildman–Crippen MR) is 135 cm³/mol. The standard InChI is InChI=1S/C26H29N7O2/c1-17-12-24(35)33-23-7-5-4-6-22(23)32(25(33)21(17)14-27)16-20(34)15-30-8-10-31(11-9-30)26-28-18(2)13-19(3)29-26/h4-7,12-13,20,34H,8-11,15-16H2,1-3H3/t20-/m1/s1. The highest BCUT2D eigenvalue weighted by Crippen LogP contribution is 2.24. The maximum atomic E-state index is 12.8. The second-order valence-corrected chi connectivity index (χ2v) is 9.30. The number of aryl methyl sites for hydroxylation is 3. The van der Waals surface area contributed by atoms with Crippen molar-refractivity contribution in [3.8, 4) is 6.07 Å². The molecule has 0 radical (unpaired) electrons. The minimum absolute atomic E-state index is 0.175. The molecule has 5 rings (SSSR count). The molecule has 0 saturated carbocycles. The van der Waals surface area contributed by atoms with Crippen molar-refractivity contribution in [3.63, 3.8) is 0 Å². The molecule has 0 aliphatic carbocycles. The van der Waals surface area contributed by atoms with Gasteiger partial charge in [0.25, 0.3) is 5.56 Å². The van der Waals surface area contributed by atoms with Crippen LogP contribution in [0.15, 0.2) is 41.2 Å². The quantitative estimate of drug-likeness (QED) is 0.475. The van der Waals surface area contributed by atoms with Crippen LogP contribution in [-0.4, -0.2) is 67.8 Å². The number of rotatable bonds is 5. The molecule has 3 aromatic heterocycles. The van der Waals surface area contributed by atoms with E-state index in [1.807, 2.05) is 48.7 Å². The molecule has 4 heterocycles. The third-order valence-corrected chi connectivity index (χ3v) is 6.66. The molecule has 0 bridgehead atoms. The summed E-state index contributed by atoms with van der Waals surface area (Å²) in [5, 5.41) is 20.9. The zero-order valence-corrected chi connectivity index (χ0v) is 20.3. The zero-order chi connectivity index (χ0) is 24.7. The number of piperazine rings is 1. The SMILES string of the molecule is Cc1cc(C)nc(N2CCN(C[C@@H](O)Cn3c4ccccc4n4c(=O)cc(C)c(C#N)c34)CC2)n1. The minimum atomic E-state index is -0.666. The number of aliphatic hydroxyl groups excluding tert-OH is 1. The lowest BCUT2D eigenvalue weighted by molar-refractivity contribution is 0.0966. The van der Waals surface area contributed by atoms with Gasteiger partial charge in [0.2, 0.25) is 5.95 Å². The average Bonchev–Trinajstić information content (AvgIpc) is 3.13. The number of anilines is 1. The summed E-state index contributed by atoms with van der Waals surface area (Å²) in [7, 11) is 0. The number of para-hydroxylation sites is 2. The average molecular weight is 472 g/mol. The van der Waals surface area contributed by atoms with Crippen LogP contribution in [-0.2, 0) is 6.54 Å². The lowest BCUT2D eigenvalue weighted by Gasteiger charge is -2.35. The van der Waals surface area contributed by atoms with Gasteiger partial charge < -0.3 is 14.6 Å². The molecule has 1 fully saturated rings. The number of aliphatic hydroxyl groups is 1. The molecule has 0 unspecified atom stereocenters. The van der Waals surface area contributed by atoms with E-state index in [1.54, 1.807) is 11.3 Å². The number of hydrogen-bond acceptors (Lipinski definition) is 7. The van der Waals surface area contributed by atoms with E-state index in [-0.39, 0.29) is 12.1 Å². The molecule has 0 amide bonds. The summed E-state index contributed by atoms with van der Waals surface area (Å²) in [5.74, 6) is 0.762. The molecule has 1 aliphatic heterocycles. The van der Waals surface area contributed by atoms with E-state index in [9.17, 15) is 15.2 Å². The lowest BCUT2D eigenvalue weighted by atomic mass is 10.1. The van der Waals surface area contributed by atoms with Gasteiger partial charge in [-0.15, -0.1) is 0 Å². The summed E-state index contributed by atoms with van der Waals surface area (Å²) in [6, 6.07) is 13.3. The molecule has 1 aromatic carbocycles. The number of nitriles is 1. The number of nitrogens with zero attached hydrogens (tertiary/aromatic N) is 7. The van der Waals surface area contributed by atoms with Gasteiger partial charge in [-0.3, -0.25) is 14.1 Å². The van der Waals surface area contributed by atoms with E-state index in [1.165, 1.54) is 6.07 Å². The lowest BCUT2D eigenvalue weighted by Crippen LogP contribution is -2.49. The van der Waals surface area contributed by atoms with Gasteiger partial charge in [-0.05, 0) is 44.5 Å². The Labute approximate surface area is 203 Å². The third-order valence-electron chi connectivity index (χ3n) is 6.66. The van der Waals surface area contributed by atoms with E-state index in [0.29, 0.717) is 23.3 Å². The van der Waals surface area contributed by atoms with Crippen molar-refractivity contribution in [2.45, 2.75) is 33.4 Å². The highest BCUT2D eigenvalue weighted by molar-refractivity contribution is 5.84. The van der Waals surface area contributed by atoms with E-state index in [2.05, 4.69) is 25.8 Å². The number of aromatic nitrogens is 4. The first-order chi connectivity index (χ1) is 16.9. The van der Waals surface area contributed by atoms with Gasteiger partial charge in [-0.25, -0.2) is 9.97 Å². The topological polar surface area (TPSA) is 103 Å². The summed E-state index contributed by atoms with van der Waals surface area (Å²) in [6.45, 7) is 9.69. The number of hydrogen-bond donors (Lipinski definition) is 1. The fraction of sp³-hybridized carbons (Fsp3) is 0.385. The number of imidazole rings is 1. The summed E-state index contributed by atoms with van der Waals surface area (Å²) in [4.78, 5) is 26.4. The highest BCUT2D eigenvalue weighted by Gasteiger charge is 2.23. The zero-order valence-electron chi connectivity index (χ0n) is 20.3. The van der Waals surface area contributed by atoms with Crippen LogP contribution in [0.2, 0.25) is 0 Å². The Balaban J connectivity index is 1.36. The molecule has 9 heteroatoms. The van der Waals surface area contributed by atoms with Crippen LogP contribution < -0.4 is 10.5 Å². The maximum absolute atomic E-state index is 12.8. The van der Waals surface area contributed by atoms with E-state index >= 15 is 0 Å². The first-order valence-corrected chi connectivity index (χ1v) is 11.9. The number of β-amino-alcohol motifs (C(OH)–C–C–N with tert-alkyl or cyclic N) is 1. The van der Waals surface area contributed by atoms with Crippen LogP contribution in [0.4, 0.5) is 5.95 Å². The third kappa shape index (κ3) is 4.27. The van der Waals surface area contributed by atoms with Gasteiger partial charge in [0.05, 0.1) is 29.2 Å². The van der Waals surface area contributed by atoms with Gasteiger partial charge in [0, 0.05) is 50.2 Å². The Morgan fingerprint density at radius 2 is 1.66 bits per heavy atom. The Morgan fingerprint density at radius 3 is 2.31 bits per heavy atom. The minimum Gasteiger partial charge on any atom is -0.390 e. The largest absolute Gasteiger partial charge is 0.390 e. The normalized spacial score (nSPS) is 15.6. The summed E-state index contributed by atoms with van der Waals surface area (Å²) in [5.41, 5.74) is 4.93. The van der Waals surface area contributed by atoms with Crippen LogP contribution in [0, 0.1) is 32.1 Å². The fourth-order valence-electron chi connectivity index (χ4n) is 5.07. The first kappa shape index (κ1) is 23.0. The fourth-order valence-corrected chi connectivity index (χ4v) is 5.07. The van der Waals surface area contributed by atoms with Gasteiger partial charge in [0.15, 0.2) is 0 Å². The summed E-state index contributed by atoms with van der Waals surface area (Å²) in [6.07, 6.45) is -0.666. The van der Waals surface area contributed by atoms with Crippen molar-refractivity contribution >= 4 is 22.6 Å². The van der Waals surface area contributed by atoms with Crippen LogP contribution in [0.5, 0.6) is 0 Å². The molecule has 35 heavy (non-hydrogen) atoms. The van der Waals surface area contributed by atoms with Crippen molar-refractivity contribution in [2.75, 3.05) is 37.6 Å². The van der Waals surface area contributed by atoms with Crippen molar-refractivity contribution in [1.29, 1.82) is 5.26 Å². The van der Waals surface area contributed by atoms with Crippen molar-refractivity contribution in [1.82, 2.24) is 23.8 Å². The first-order valence-electron chi connectivity index (χ1n) is 11.9. The Kier molecular flexibility index (Phi) is 6.01. The van der Waals surface area contributed by atoms with E-state index in [0.717, 1.165) is 54.5 Å². The molecule has 1 atom stereocenters. The summed E-state index contributed by atoms with van der Waals surface area (Å²) >= 11 is 0. The molecular weight excluding hydrogens is 442 g/mol. The highest BCUT2D eigenvalue weighted by atomic mass is 16.3. The number of fused-ring (bicyclic) bond motifs is 3. The maximum Gasteiger partial charge on any atom is 0.257 e. The Morgan fingerprint density at radius 1 is 1.00 bits per heavy atom. The number of benzene rings is 1. The molecule has 1 saturated heterocycles. The molecule has 9 nitrogen and oxygen atoms in total. The van der Waals surface area contributed by atoms with Crippen LogP contribution in [0.1, 0.15) is 22.5 Å². The molecule has 1 N–H and O–H groups in total. The van der Waals surface area contributed by atoms with Gasteiger partial charge in [-0.1, -0.05) is 12.1 Å². The second kappa shape index (κ2) is 9.13. The van der Waals surface area contributed by atoms with Crippen LogP contribution >= 0.6 is 0 Å². The van der Waals surface area contributed by atoms with Crippen molar-refractivity contribution in [3.05, 3.63) is 69.3 Å². The van der Waals surface area contributed by atoms with Crippen LogP contribution in [0.3, 0.4) is 0 Å². The Hall–Kier alpha value is -3.74. The number of pyridine rings is 1. The smallest absolute Gasteiger partial charge is 0.257 e. The summed E-state index contributed by atoms with van der Waals surface area (Å²) < 4.78 is 3.49. The molecule has 4 aromatic rings. The predicted octanol–water partition coefficient (Wildman–Crippen LogP) is 2.02. The van der Waals surface area contributed by atoms with E-state index in [4.69, 9.17) is 0 Å². The Bertz CT molecular complexity index is 1490. The van der Waals surface area contributed by atoms with Gasteiger partial charge in [0.1, 0.15) is 11.7 Å². The van der Waals surface area contributed by atoms with Crippen molar-refractivity contribution < 1.29 is 5.11 Å². The molecule has 180 valence electrons. The molecule has 1 aliphatic rings. The van der Waals surface area contributed by atoms with Crippen molar-refractivity contribution in [2.24, 2.45) is 0 Å². The monoisotopic (exact) mass is 471 g/mol.